The van der Waals surface area contributed by atoms with E-state index in [1.165, 1.54) is 0 Å². The molecule has 2 fully saturated rings. The molecular formula is C17H23ClN2O3. The van der Waals surface area contributed by atoms with Gasteiger partial charge in [0.1, 0.15) is 0 Å². The minimum atomic E-state index is -0.893. The second-order valence-corrected chi connectivity index (χ2v) is 6.87. The Morgan fingerprint density at radius 2 is 1.83 bits per heavy atom. The summed E-state index contributed by atoms with van der Waals surface area (Å²) in [5.41, 5.74) is 1.07. The topological polar surface area (TPSA) is 64.0 Å². The predicted octanol–water partition coefficient (Wildman–Crippen LogP) is 2.08. The molecule has 0 saturated carbocycles. The van der Waals surface area contributed by atoms with Crippen LogP contribution in [0.25, 0.3) is 0 Å². The molecule has 1 aromatic rings. The second-order valence-electron chi connectivity index (χ2n) is 6.47. The van der Waals surface area contributed by atoms with E-state index >= 15 is 0 Å². The summed E-state index contributed by atoms with van der Waals surface area (Å²) in [5.74, 6) is -1.55. The van der Waals surface area contributed by atoms with E-state index in [4.69, 9.17) is 11.6 Å². The van der Waals surface area contributed by atoms with Gasteiger partial charge in [-0.3, -0.25) is 9.69 Å². The molecule has 2 N–H and O–H groups in total. The average molecular weight is 339 g/mol. The molecule has 5 nitrogen and oxygen atoms in total. The lowest BCUT2D eigenvalue weighted by molar-refractivity contribution is -0.149. The number of nitrogens with zero attached hydrogens (tertiary/aromatic N) is 2. The lowest BCUT2D eigenvalue weighted by Crippen LogP contribution is -2.53. The van der Waals surface area contributed by atoms with Crippen LogP contribution in [0.4, 0.5) is 5.69 Å². The maximum Gasteiger partial charge on any atom is 0.310 e. The van der Waals surface area contributed by atoms with Gasteiger partial charge in [0.2, 0.25) is 0 Å². The highest BCUT2D eigenvalue weighted by Gasteiger charge is 2.36. The molecule has 0 amide bonds. The highest BCUT2D eigenvalue weighted by molar-refractivity contribution is 6.33. The number of benzene rings is 1. The summed E-state index contributed by atoms with van der Waals surface area (Å²) in [6, 6.07) is 8.27. The summed E-state index contributed by atoms with van der Waals surface area (Å²) in [5, 5.41) is 19.9. The molecule has 2 heterocycles. The zero-order valence-corrected chi connectivity index (χ0v) is 13.8. The number of likely N-dealkylation sites (tertiary alicyclic amines) is 1. The first-order chi connectivity index (χ1) is 11.1. The van der Waals surface area contributed by atoms with Gasteiger partial charge in [-0.05, 0) is 31.4 Å². The normalized spacial score (nSPS) is 27.1. The highest BCUT2D eigenvalue weighted by Crippen LogP contribution is 2.30. The van der Waals surface area contributed by atoms with E-state index in [9.17, 15) is 15.0 Å². The first kappa shape index (κ1) is 16.6. The molecule has 0 radical (unpaired) electrons. The zero-order chi connectivity index (χ0) is 16.4. The number of hydrogen-bond acceptors (Lipinski definition) is 4. The summed E-state index contributed by atoms with van der Waals surface area (Å²) >= 11 is 6.27. The van der Waals surface area contributed by atoms with Crippen molar-refractivity contribution >= 4 is 23.3 Å². The van der Waals surface area contributed by atoms with Crippen molar-refractivity contribution in [3.8, 4) is 0 Å². The summed E-state index contributed by atoms with van der Waals surface area (Å²) in [4.78, 5) is 15.8. The van der Waals surface area contributed by atoms with Crippen molar-refractivity contribution in [1.29, 1.82) is 0 Å². The number of piperidine rings is 2. The number of carboxylic acid groups (broad SMARTS) is 1. The fourth-order valence-corrected chi connectivity index (χ4v) is 3.97. The van der Waals surface area contributed by atoms with Gasteiger partial charge in [0.05, 0.1) is 22.7 Å². The molecule has 2 aliphatic rings. The smallest absolute Gasteiger partial charge is 0.310 e. The van der Waals surface area contributed by atoms with Crippen LogP contribution in [0.5, 0.6) is 0 Å². The van der Waals surface area contributed by atoms with Crippen LogP contribution in [0.3, 0.4) is 0 Å². The SMILES string of the molecule is O=C(O)[C@H]1CN(C2CCN(c3ccccc3Cl)CC2)CC[C@@H]1O. The molecule has 3 rings (SSSR count). The number of halogens is 1. The van der Waals surface area contributed by atoms with Crippen molar-refractivity contribution in [3.63, 3.8) is 0 Å². The summed E-state index contributed by atoms with van der Waals surface area (Å²) in [6.07, 6.45) is 1.81. The van der Waals surface area contributed by atoms with Gasteiger partial charge >= 0.3 is 5.97 Å². The molecule has 0 unspecified atom stereocenters. The summed E-state index contributed by atoms with van der Waals surface area (Å²) in [6.45, 7) is 3.07. The standard InChI is InChI=1S/C17H23ClN2O3/c18-14-3-1-2-4-15(14)19-8-5-12(6-9-19)20-10-7-16(21)13(11-20)17(22)23/h1-4,12-13,16,21H,5-11H2,(H,22,23)/t13-,16-/m0/s1. The summed E-state index contributed by atoms with van der Waals surface area (Å²) < 4.78 is 0. The molecule has 2 atom stereocenters. The van der Waals surface area contributed by atoms with Gasteiger partial charge in [0.25, 0.3) is 0 Å². The van der Waals surface area contributed by atoms with E-state index in [0.717, 1.165) is 43.2 Å². The average Bonchev–Trinajstić information content (AvgIpc) is 2.56. The van der Waals surface area contributed by atoms with Crippen LogP contribution in [-0.2, 0) is 4.79 Å². The molecule has 2 aliphatic heterocycles. The minimum absolute atomic E-state index is 0.392. The van der Waals surface area contributed by atoms with Crippen molar-refractivity contribution in [1.82, 2.24) is 4.90 Å². The quantitative estimate of drug-likeness (QED) is 0.883. The third-order valence-electron chi connectivity index (χ3n) is 5.10. The van der Waals surface area contributed by atoms with Crippen LogP contribution in [0, 0.1) is 5.92 Å². The summed E-state index contributed by atoms with van der Waals surface area (Å²) in [7, 11) is 0. The van der Waals surface area contributed by atoms with Crippen LogP contribution in [-0.4, -0.2) is 59.4 Å². The molecule has 2 saturated heterocycles. The van der Waals surface area contributed by atoms with Crippen molar-refractivity contribution in [3.05, 3.63) is 29.3 Å². The van der Waals surface area contributed by atoms with Crippen molar-refractivity contribution in [2.45, 2.75) is 31.4 Å². The third-order valence-corrected chi connectivity index (χ3v) is 5.42. The molecule has 0 aromatic heterocycles. The van der Waals surface area contributed by atoms with Crippen molar-refractivity contribution in [2.24, 2.45) is 5.92 Å². The molecule has 0 spiro atoms. The number of rotatable bonds is 3. The maximum atomic E-state index is 11.3. The van der Waals surface area contributed by atoms with Gasteiger partial charge in [-0.1, -0.05) is 23.7 Å². The van der Waals surface area contributed by atoms with Crippen LogP contribution >= 0.6 is 11.6 Å². The minimum Gasteiger partial charge on any atom is -0.481 e. The Hall–Kier alpha value is -1.30. The van der Waals surface area contributed by atoms with Gasteiger partial charge in [-0.2, -0.15) is 0 Å². The number of aliphatic hydroxyl groups is 1. The number of hydrogen-bond donors (Lipinski definition) is 2. The van der Waals surface area contributed by atoms with Gasteiger partial charge < -0.3 is 15.1 Å². The van der Waals surface area contributed by atoms with Crippen LogP contribution in [0.1, 0.15) is 19.3 Å². The molecule has 0 aliphatic carbocycles. The lowest BCUT2D eigenvalue weighted by atomic mass is 9.91. The van der Waals surface area contributed by atoms with Crippen LogP contribution in [0.15, 0.2) is 24.3 Å². The number of aliphatic carboxylic acids is 1. The van der Waals surface area contributed by atoms with E-state index in [1.54, 1.807) is 0 Å². The van der Waals surface area contributed by atoms with Gasteiger partial charge in [-0.15, -0.1) is 0 Å². The molecule has 126 valence electrons. The zero-order valence-electron chi connectivity index (χ0n) is 13.1. The molecule has 1 aromatic carbocycles. The molecule has 0 bridgehead atoms. The Kier molecular flexibility index (Phi) is 5.09. The third kappa shape index (κ3) is 3.62. The second kappa shape index (κ2) is 7.07. The van der Waals surface area contributed by atoms with E-state index in [0.29, 0.717) is 19.0 Å². The Labute approximate surface area is 141 Å². The number of para-hydroxylation sites is 1. The van der Waals surface area contributed by atoms with E-state index in [1.807, 2.05) is 24.3 Å². The fourth-order valence-electron chi connectivity index (χ4n) is 3.72. The Morgan fingerprint density at radius 1 is 1.13 bits per heavy atom. The molecular weight excluding hydrogens is 316 g/mol. The number of carbonyl (C=O) groups is 1. The Morgan fingerprint density at radius 3 is 2.48 bits per heavy atom. The van der Waals surface area contributed by atoms with E-state index in [-0.39, 0.29) is 0 Å². The molecule has 23 heavy (non-hydrogen) atoms. The number of aliphatic hydroxyl groups excluding tert-OH is 1. The first-order valence-electron chi connectivity index (χ1n) is 8.20. The van der Waals surface area contributed by atoms with Gasteiger partial charge in [0, 0.05) is 32.2 Å². The molecule has 6 heteroatoms. The van der Waals surface area contributed by atoms with Crippen LogP contribution in [0.2, 0.25) is 5.02 Å². The first-order valence-corrected chi connectivity index (χ1v) is 8.58. The Balaban J connectivity index is 1.59. The maximum absolute atomic E-state index is 11.3. The van der Waals surface area contributed by atoms with E-state index in [2.05, 4.69) is 9.80 Å². The van der Waals surface area contributed by atoms with E-state index < -0.39 is 18.0 Å². The van der Waals surface area contributed by atoms with Crippen molar-refractivity contribution < 1.29 is 15.0 Å². The van der Waals surface area contributed by atoms with Crippen LogP contribution < -0.4 is 4.90 Å². The number of anilines is 1. The van der Waals surface area contributed by atoms with Crippen molar-refractivity contribution in [2.75, 3.05) is 31.1 Å². The largest absolute Gasteiger partial charge is 0.481 e. The lowest BCUT2D eigenvalue weighted by Gasteiger charge is -2.43. The monoisotopic (exact) mass is 338 g/mol. The number of carboxylic acids is 1. The fraction of sp³-hybridized carbons (Fsp3) is 0.588. The predicted molar refractivity (Wildman–Crippen MR) is 90.0 cm³/mol. The Bertz CT molecular complexity index is 561. The van der Waals surface area contributed by atoms with Gasteiger partial charge in [-0.25, -0.2) is 0 Å². The van der Waals surface area contributed by atoms with Gasteiger partial charge in [0.15, 0.2) is 0 Å². The highest BCUT2D eigenvalue weighted by atomic mass is 35.5.